The Morgan fingerprint density at radius 2 is 2.00 bits per heavy atom. The topological polar surface area (TPSA) is 94.2 Å². The van der Waals surface area contributed by atoms with E-state index in [2.05, 4.69) is 20.5 Å². The van der Waals surface area contributed by atoms with Crippen molar-refractivity contribution in [1.29, 1.82) is 0 Å². The Kier molecular flexibility index (Phi) is 3.70. The third kappa shape index (κ3) is 2.85. The average molecular weight is 334 g/mol. The predicted octanol–water partition coefficient (Wildman–Crippen LogP) is 0.756. The lowest BCUT2D eigenvalue weighted by atomic mass is 10.2. The Balaban J connectivity index is 1.49. The number of hydrogen-bond acceptors (Lipinski definition) is 5. The van der Waals surface area contributed by atoms with E-state index < -0.39 is 0 Å². The lowest BCUT2D eigenvalue weighted by Gasteiger charge is -2.07. The van der Waals surface area contributed by atoms with Gasteiger partial charge >= 0.3 is 0 Å². The Morgan fingerprint density at radius 1 is 1.12 bits per heavy atom. The van der Waals surface area contributed by atoms with Gasteiger partial charge in [0.05, 0.1) is 17.8 Å². The number of hydrogen-bond donors (Lipinski definition) is 1. The van der Waals surface area contributed by atoms with Gasteiger partial charge in [0, 0.05) is 29.9 Å². The predicted molar refractivity (Wildman–Crippen MR) is 90.8 cm³/mol. The first-order valence-corrected chi connectivity index (χ1v) is 7.71. The number of benzene rings is 1. The lowest BCUT2D eigenvalue weighted by Crippen LogP contribution is -2.33. The number of carbonyl (C=O) groups excluding carboxylic acids is 1. The van der Waals surface area contributed by atoms with Crippen molar-refractivity contribution in [2.75, 3.05) is 0 Å². The smallest absolute Gasteiger partial charge is 0.275 e. The number of fused-ring (bicyclic) bond motifs is 2. The highest BCUT2D eigenvalue weighted by atomic mass is 16.2. The van der Waals surface area contributed by atoms with Crippen molar-refractivity contribution in [1.82, 2.24) is 29.7 Å². The van der Waals surface area contributed by atoms with Gasteiger partial charge in [0.25, 0.3) is 5.56 Å². The third-order valence-electron chi connectivity index (χ3n) is 3.88. The number of nitrogens with one attached hydrogen (secondary N) is 1. The molecule has 0 aliphatic heterocycles. The van der Waals surface area contributed by atoms with Crippen molar-refractivity contribution in [2.24, 2.45) is 0 Å². The standard InChI is InChI=1S/C17H14N6O2/c24-15(19-8-13-10-20-22-7-3-6-18-16(13)22)11-23-17(25)14-5-2-1-4-12(14)9-21-23/h1-7,9-10H,8,11H2,(H,19,24). The second-order valence-electron chi connectivity index (χ2n) is 5.53. The molecule has 0 bridgehead atoms. The maximum absolute atomic E-state index is 12.4. The maximum Gasteiger partial charge on any atom is 0.275 e. The van der Waals surface area contributed by atoms with Crippen LogP contribution in [0.2, 0.25) is 0 Å². The molecule has 0 fully saturated rings. The Labute approximate surface area is 141 Å². The molecule has 0 radical (unpaired) electrons. The fourth-order valence-corrected chi connectivity index (χ4v) is 2.63. The molecule has 0 aliphatic rings. The maximum atomic E-state index is 12.4. The van der Waals surface area contributed by atoms with E-state index in [0.717, 1.165) is 15.6 Å². The summed E-state index contributed by atoms with van der Waals surface area (Å²) in [5.74, 6) is -0.305. The van der Waals surface area contributed by atoms with Crippen LogP contribution in [0, 0.1) is 0 Å². The van der Waals surface area contributed by atoms with Gasteiger partial charge in [-0.2, -0.15) is 10.2 Å². The molecule has 1 amide bonds. The van der Waals surface area contributed by atoms with Crippen LogP contribution < -0.4 is 10.9 Å². The number of nitrogens with zero attached hydrogens (tertiary/aromatic N) is 5. The molecule has 8 nitrogen and oxygen atoms in total. The number of amides is 1. The molecule has 0 spiro atoms. The first kappa shape index (κ1) is 15.0. The SMILES string of the molecule is O=C(Cn1ncc2ccccc2c1=O)NCc1cnn2cccnc12. The molecule has 1 aromatic carbocycles. The molecule has 0 saturated heterocycles. The van der Waals surface area contributed by atoms with Crippen molar-refractivity contribution < 1.29 is 4.79 Å². The Morgan fingerprint density at radius 3 is 2.92 bits per heavy atom. The summed E-state index contributed by atoms with van der Waals surface area (Å²) in [6, 6.07) is 8.93. The van der Waals surface area contributed by atoms with E-state index in [1.807, 2.05) is 12.1 Å². The summed E-state index contributed by atoms with van der Waals surface area (Å²) in [5.41, 5.74) is 1.20. The van der Waals surface area contributed by atoms with Crippen molar-refractivity contribution in [3.05, 3.63) is 71.0 Å². The van der Waals surface area contributed by atoms with E-state index in [9.17, 15) is 9.59 Å². The van der Waals surface area contributed by atoms with E-state index in [1.165, 1.54) is 0 Å². The molecule has 1 N–H and O–H groups in total. The van der Waals surface area contributed by atoms with E-state index in [4.69, 9.17) is 0 Å². The van der Waals surface area contributed by atoms with Crippen LogP contribution in [-0.4, -0.2) is 30.3 Å². The molecule has 0 unspecified atom stereocenters. The van der Waals surface area contributed by atoms with Crippen LogP contribution in [0.15, 0.2) is 59.9 Å². The van der Waals surface area contributed by atoms with Gasteiger partial charge in [0.1, 0.15) is 6.54 Å². The Bertz CT molecular complexity index is 1130. The van der Waals surface area contributed by atoms with Gasteiger partial charge in [-0.1, -0.05) is 18.2 Å². The monoisotopic (exact) mass is 334 g/mol. The van der Waals surface area contributed by atoms with Crippen LogP contribution in [-0.2, 0) is 17.9 Å². The number of carbonyl (C=O) groups is 1. The van der Waals surface area contributed by atoms with Gasteiger partial charge in [-0.3, -0.25) is 9.59 Å². The summed E-state index contributed by atoms with van der Waals surface area (Å²) in [4.78, 5) is 28.8. The van der Waals surface area contributed by atoms with Crippen molar-refractivity contribution in [2.45, 2.75) is 13.1 Å². The fraction of sp³-hybridized carbons (Fsp3) is 0.118. The summed E-state index contributed by atoms with van der Waals surface area (Å²) in [7, 11) is 0. The van der Waals surface area contributed by atoms with Crippen molar-refractivity contribution in [3.63, 3.8) is 0 Å². The highest BCUT2D eigenvalue weighted by Crippen LogP contribution is 2.07. The van der Waals surface area contributed by atoms with Gasteiger partial charge in [0.2, 0.25) is 5.91 Å². The van der Waals surface area contributed by atoms with E-state index in [1.54, 1.807) is 47.5 Å². The van der Waals surface area contributed by atoms with Crippen molar-refractivity contribution in [3.8, 4) is 0 Å². The van der Waals surface area contributed by atoms with Crippen LogP contribution >= 0.6 is 0 Å². The second-order valence-corrected chi connectivity index (χ2v) is 5.53. The average Bonchev–Trinajstić information content (AvgIpc) is 3.06. The first-order valence-electron chi connectivity index (χ1n) is 7.71. The fourth-order valence-electron chi connectivity index (χ4n) is 2.63. The molecule has 4 rings (SSSR count). The summed E-state index contributed by atoms with van der Waals surface area (Å²) < 4.78 is 2.79. The first-order chi connectivity index (χ1) is 12.2. The molecule has 0 aliphatic carbocycles. The zero-order valence-electron chi connectivity index (χ0n) is 13.2. The van der Waals surface area contributed by atoms with Gasteiger partial charge in [-0.15, -0.1) is 0 Å². The molecule has 124 valence electrons. The quantitative estimate of drug-likeness (QED) is 0.594. The highest BCUT2D eigenvalue weighted by molar-refractivity contribution is 5.81. The van der Waals surface area contributed by atoms with Crippen LogP contribution in [0.3, 0.4) is 0 Å². The molecule has 3 aromatic heterocycles. The van der Waals surface area contributed by atoms with Crippen LogP contribution in [0.4, 0.5) is 0 Å². The minimum Gasteiger partial charge on any atom is -0.350 e. The zero-order chi connectivity index (χ0) is 17.2. The molecular formula is C17H14N6O2. The zero-order valence-corrected chi connectivity index (χ0v) is 13.2. The van der Waals surface area contributed by atoms with Gasteiger partial charge in [-0.05, 0) is 12.1 Å². The van der Waals surface area contributed by atoms with Gasteiger partial charge < -0.3 is 5.32 Å². The third-order valence-corrected chi connectivity index (χ3v) is 3.88. The minimum atomic E-state index is -0.305. The van der Waals surface area contributed by atoms with Gasteiger partial charge in [-0.25, -0.2) is 14.2 Å². The summed E-state index contributed by atoms with van der Waals surface area (Å²) in [6.07, 6.45) is 6.69. The van der Waals surface area contributed by atoms with Crippen molar-refractivity contribution >= 4 is 22.3 Å². The molecule has 0 atom stereocenters. The molecule has 4 aromatic rings. The largest absolute Gasteiger partial charge is 0.350 e. The van der Waals surface area contributed by atoms with Crippen LogP contribution in [0.25, 0.3) is 16.4 Å². The lowest BCUT2D eigenvalue weighted by molar-refractivity contribution is -0.122. The van der Waals surface area contributed by atoms with Crippen LogP contribution in [0.1, 0.15) is 5.56 Å². The second kappa shape index (κ2) is 6.16. The highest BCUT2D eigenvalue weighted by Gasteiger charge is 2.10. The number of aromatic nitrogens is 5. The Hall–Kier alpha value is -3.55. The van der Waals surface area contributed by atoms with Gasteiger partial charge in [0.15, 0.2) is 5.65 Å². The normalized spacial score (nSPS) is 11.0. The molecule has 8 heteroatoms. The summed E-state index contributed by atoms with van der Waals surface area (Å²) in [5, 5.41) is 12.3. The molecule has 25 heavy (non-hydrogen) atoms. The number of rotatable bonds is 4. The van der Waals surface area contributed by atoms with Crippen LogP contribution in [0.5, 0.6) is 0 Å². The minimum absolute atomic E-state index is 0.143. The summed E-state index contributed by atoms with van der Waals surface area (Å²) in [6.45, 7) is 0.137. The van der Waals surface area contributed by atoms with E-state index >= 15 is 0 Å². The van der Waals surface area contributed by atoms with E-state index in [0.29, 0.717) is 11.0 Å². The molecule has 0 saturated carbocycles. The van der Waals surface area contributed by atoms with E-state index in [-0.39, 0.29) is 24.6 Å². The molecular weight excluding hydrogens is 320 g/mol. The molecule has 3 heterocycles. The summed E-state index contributed by atoms with van der Waals surface area (Å²) >= 11 is 0.